The van der Waals surface area contributed by atoms with E-state index in [9.17, 15) is 9.59 Å². The third-order valence-corrected chi connectivity index (χ3v) is 2.57. The number of nitrogens with one attached hydrogen (secondary N) is 2. The van der Waals surface area contributed by atoms with E-state index in [0.717, 1.165) is 12.8 Å². The van der Waals surface area contributed by atoms with Crippen molar-refractivity contribution in [2.24, 2.45) is 5.92 Å². The van der Waals surface area contributed by atoms with Crippen LogP contribution in [0.15, 0.2) is 0 Å². The van der Waals surface area contributed by atoms with Gasteiger partial charge in [-0.2, -0.15) is 0 Å². The summed E-state index contributed by atoms with van der Waals surface area (Å²) in [4.78, 5) is 22.2. The molecule has 1 saturated carbocycles. The van der Waals surface area contributed by atoms with Gasteiger partial charge < -0.3 is 15.7 Å². The minimum atomic E-state index is -0.817. The zero-order valence-corrected chi connectivity index (χ0v) is 9.12. The van der Waals surface area contributed by atoms with Crippen LogP contribution < -0.4 is 10.6 Å². The molecule has 2 unspecified atom stereocenters. The molecule has 0 radical (unpaired) electrons. The first-order valence-corrected chi connectivity index (χ1v) is 5.30. The van der Waals surface area contributed by atoms with Crippen LogP contribution in [0, 0.1) is 5.92 Å². The number of aliphatic carboxylic acids is 1. The number of amides is 2. The van der Waals surface area contributed by atoms with Crippen LogP contribution in [0.5, 0.6) is 0 Å². The second-order valence-electron chi connectivity index (χ2n) is 4.25. The van der Waals surface area contributed by atoms with E-state index < -0.39 is 11.9 Å². The van der Waals surface area contributed by atoms with Crippen LogP contribution in [0.1, 0.15) is 33.1 Å². The highest BCUT2D eigenvalue weighted by Gasteiger charge is 2.33. The van der Waals surface area contributed by atoms with Crippen LogP contribution in [0.4, 0.5) is 4.79 Å². The van der Waals surface area contributed by atoms with Gasteiger partial charge in [0.25, 0.3) is 0 Å². The lowest BCUT2D eigenvalue weighted by atomic mass is 10.0. The van der Waals surface area contributed by atoms with Gasteiger partial charge in [-0.25, -0.2) is 4.79 Å². The smallest absolute Gasteiger partial charge is 0.315 e. The first-order chi connectivity index (χ1) is 7.00. The molecular weight excluding hydrogens is 196 g/mol. The van der Waals surface area contributed by atoms with Gasteiger partial charge >= 0.3 is 12.0 Å². The Balaban J connectivity index is 2.43. The van der Waals surface area contributed by atoms with Crippen molar-refractivity contribution in [1.29, 1.82) is 0 Å². The molecule has 1 fully saturated rings. The van der Waals surface area contributed by atoms with E-state index in [2.05, 4.69) is 10.6 Å². The average molecular weight is 214 g/mol. The molecule has 0 aromatic carbocycles. The highest BCUT2D eigenvalue weighted by molar-refractivity contribution is 5.77. The number of carbonyl (C=O) groups excluding carboxylic acids is 1. The van der Waals surface area contributed by atoms with Crippen LogP contribution in [0.2, 0.25) is 0 Å². The van der Waals surface area contributed by atoms with E-state index in [0.29, 0.717) is 6.42 Å². The Bertz CT molecular complexity index is 253. The molecule has 86 valence electrons. The molecule has 0 spiro atoms. The van der Waals surface area contributed by atoms with Gasteiger partial charge in [0.2, 0.25) is 0 Å². The van der Waals surface area contributed by atoms with Crippen molar-refractivity contribution in [2.75, 3.05) is 0 Å². The van der Waals surface area contributed by atoms with Crippen molar-refractivity contribution in [2.45, 2.75) is 45.2 Å². The summed E-state index contributed by atoms with van der Waals surface area (Å²) in [6, 6.07) is -0.431. The SMILES string of the molecule is CC(C)NC(=O)NC1CCCC1C(=O)O. The lowest BCUT2D eigenvalue weighted by molar-refractivity contribution is -0.142. The Kier molecular flexibility index (Phi) is 3.94. The van der Waals surface area contributed by atoms with Crippen molar-refractivity contribution in [3.05, 3.63) is 0 Å². The lowest BCUT2D eigenvalue weighted by Crippen LogP contribution is -2.47. The second kappa shape index (κ2) is 5.00. The van der Waals surface area contributed by atoms with E-state index in [1.807, 2.05) is 13.8 Å². The summed E-state index contributed by atoms with van der Waals surface area (Å²) in [5.41, 5.74) is 0. The summed E-state index contributed by atoms with van der Waals surface area (Å²) in [5, 5.41) is 14.3. The Morgan fingerprint density at radius 1 is 1.33 bits per heavy atom. The lowest BCUT2D eigenvalue weighted by Gasteiger charge is -2.18. The normalized spacial score (nSPS) is 25.3. The number of hydrogen-bond acceptors (Lipinski definition) is 2. The molecule has 0 aliphatic heterocycles. The molecule has 1 aliphatic carbocycles. The summed E-state index contributed by atoms with van der Waals surface area (Å²) in [7, 11) is 0. The van der Waals surface area contributed by atoms with E-state index in [1.54, 1.807) is 0 Å². The third kappa shape index (κ3) is 3.42. The van der Waals surface area contributed by atoms with E-state index in [-0.39, 0.29) is 18.1 Å². The fourth-order valence-electron chi connectivity index (χ4n) is 1.90. The number of rotatable bonds is 3. The molecule has 0 saturated heterocycles. The first kappa shape index (κ1) is 11.8. The minimum absolute atomic E-state index is 0.0645. The van der Waals surface area contributed by atoms with E-state index in [1.165, 1.54) is 0 Å². The molecule has 0 aromatic rings. The largest absolute Gasteiger partial charge is 0.481 e. The van der Waals surface area contributed by atoms with Gasteiger partial charge in [0.15, 0.2) is 0 Å². The van der Waals surface area contributed by atoms with Crippen LogP contribution in [-0.4, -0.2) is 29.2 Å². The fourth-order valence-corrected chi connectivity index (χ4v) is 1.90. The number of carboxylic acid groups (broad SMARTS) is 1. The van der Waals surface area contributed by atoms with Gasteiger partial charge in [-0.15, -0.1) is 0 Å². The summed E-state index contributed by atoms with van der Waals surface area (Å²) in [5.74, 6) is -1.25. The van der Waals surface area contributed by atoms with Crippen LogP contribution in [0.3, 0.4) is 0 Å². The fraction of sp³-hybridized carbons (Fsp3) is 0.800. The van der Waals surface area contributed by atoms with Crippen LogP contribution in [0.25, 0.3) is 0 Å². The summed E-state index contributed by atoms with van der Waals surface area (Å²) in [6.45, 7) is 3.73. The number of carbonyl (C=O) groups is 2. The summed E-state index contributed by atoms with van der Waals surface area (Å²) in [6.07, 6.45) is 2.27. The maximum atomic E-state index is 11.4. The quantitative estimate of drug-likeness (QED) is 0.654. The standard InChI is InChI=1S/C10H18N2O3/c1-6(2)11-10(15)12-8-5-3-4-7(8)9(13)14/h6-8H,3-5H2,1-2H3,(H,13,14)(H2,11,12,15). The predicted molar refractivity (Wildman–Crippen MR) is 55.6 cm³/mol. The predicted octanol–water partition coefficient (Wildman–Crippen LogP) is 0.947. The van der Waals surface area contributed by atoms with Crippen molar-refractivity contribution in [3.8, 4) is 0 Å². The molecule has 0 heterocycles. The zero-order chi connectivity index (χ0) is 11.4. The average Bonchev–Trinajstić information content (AvgIpc) is 2.50. The molecule has 0 aromatic heterocycles. The Morgan fingerprint density at radius 2 is 2.00 bits per heavy atom. The monoisotopic (exact) mass is 214 g/mol. The Hall–Kier alpha value is -1.26. The highest BCUT2D eigenvalue weighted by atomic mass is 16.4. The Morgan fingerprint density at radius 3 is 2.53 bits per heavy atom. The van der Waals surface area contributed by atoms with Crippen molar-refractivity contribution in [1.82, 2.24) is 10.6 Å². The molecule has 0 bridgehead atoms. The Labute approximate surface area is 89.2 Å². The van der Waals surface area contributed by atoms with Gasteiger partial charge in [0.05, 0.1) is 5.92 Å². The van der Waals surface area contributed by atoms with Gasteiger partial charge in [-0.05, 0) is 26.7 Å². The number of carboxylic acids is 1. The van der Waals surface area contributed by atoms with Crippen LogP contribution in [-0.2, 0) is 4.79 Å². The zero-order valence-electron chi connectivity index (χ0n) is 9.12. The molecule has 15 heavy (non-hydrogen) atoms. The molecule has 2 atom stereocenters. The molecular formula is C10H18N2O3. The first-order valence-electron chi connectivity index (χ1n) is 5.30. The summed E-state index contributed by atoms with van der Waals surface area (Å²) < 4.78 is 0. The van der Waals surface area contributed by atoms with Gasteiger partial charge in [-0.3, -0.25) is 4.79 Å². The molecule has 3 N–H and O–H groups in total. The van der Waals surface area contributed by atoms with E-state index >= 15 is 0 Å². The van der Waals surface area contributed by atoms with Gasteiger partial charge in [-0.1, -0.05) is 6.42 Å². The number of hydrogen-bond donors (Lipinski definition) is 3. The maximum Gasteiger partial charge on any atom is 0.315 e. The minimum Gasteiger partial charge on any atom is -0.481 e. The van der Waals surface area contributed by atoms with Crippen molar-refractivity contribution < 1.29 is 14.7 Å². The molecule has 5 heteroatoms. The molecule has 2 amide bonds. The van der Waals surface area contributed by atoms with Crippen molar-refractivity contribution >= 4 is 12.0 Å². The second-order valence-corrected chi connectivity index (χ2v) is 4.25. The van der Waals surface area contributed by atoms with E-state index in [4.69, 9.17) is 5.11 Å². The maximum absolute atomic E-state index is 11.4. The van der Waals surface area contributed by atoms with Crippen LogP contribution >= 0.6 is 0 Å². The van der Waals surface area contributed by atoms with Gasteiger partial charge in [0.1, 0.15) is 0 Å². The highest BCUT2D eigenvalue weighted by Crippen LogP contribution is 2.25. The van der Waals surface area contributed by atoms with Gasteiger partial charge in [0, 0.05) is 12.1 Å². The summed E-state index contributed by atoms with van der Waals surface area (Å²) >= 11 is 0. The molecule has 5 nitrogen and oxygen atoms in total. The number of urea groups is 1. The van der Waals surface area contributed by atoms with Crippen molar-refractivity contribution in [3.63, 3.8) is 0 Å². The third-order valence-electron chi connectivity index (χ3n) is 2.57. The molecule has 1 rings (SSSR count). The topological polar surface area (TPSA) is 78.4 Å². The molecule has 1 aliphatic rings.